The fourth-order valence-electron chi connectivity index (χ4n) is 1.51. The van der Waals surface area contributed by atoms with Crippen LogP contribution in [-0.2, 0) is 9.53 Å². The number of cyclic esters (lactones) is 1. The largest absolute Gasteiger partial charge is 0.465 e. The van der Waals surface area contributed by atoms with Crippen LogP contribution < -0.4 is 0 Å². The normalized spacial score (nSPS) is 25.9. The molecular weight excluding hydrogens is 140 g/mol. The summed E-state index contributed by atoms with van der Waals surface area (Å²) in [5.74, 6) is 0.229. The molecule has 1 aliphatic heterocycles. The molecule has 1 unspecified atom stereocenters. The number of carbonyl (C=O) groups is 1. The molecule has 0 amide bonds. The molecule has 0 bridgehead atoms. The molecule has 2 heteroatoms. The van der Waals surface area contributed by atoms with E-state index in [9.17, 15) is 4.79 Å². The van der Waals surface area contributed by atoms with E-state index in [2.05, 4.69) is 6.92 Å². The zero-order valence-corrected chi connectivity index (χ0v) is 7.14. The van der Waals surface area contributed by atoms with Crippen LogP contribution in [0.25, 0.3) is 0 Å². The second kappa shape index (κ2) is 4.37. The Hall–Kier alpha value is -0.530. The summed E-state index contributed by atoms with van der Waals surface area (Å²) in [4.78, 5) is 11.2. The molecule has 1 rings (SSSR count). The second-order valence-electron chi connectivity index (χ2n) is 3.15. The second-order valence-corrected chi connectivity index (χ2v) is 3.15. The SMILES string of the molecule is CCCC1CCCCOC1=O. The summed E-state index contributed by atoms with van der Waals surface area (Å²) in [6, 6.07) is 0. The van der Waals surface area contributed by atoms with Crippen molar-refractivity contribution in [3.63, 3.8) is 0 Å². The van der Waals surface area contributed by atoms with Crippen LogP contribution in [0.3, 0.4) is 0 Å². The van der Waals surface area contributed by atoms with E-state index in [1.165, 1.54) is 0 Å². The lowest BCUT2D eigenvalue weighted by Crippen LogP contribution is -2.14. The van der Waals surface area contributed by atoms with E-state index in [0.29, 0.717) is 6.61 Å². The Balaban J connectivity index is 2.39. The summed E-state index contributed by atoms with van der Waals surface area (Å²) < 4.78 is 5.03. The number of carbonyl (C=O) groups excluding carboxylic acids is 1. The number of hydrogen-bond donors (Lipinski definition) is 0. The third kappa shape index (κ3) is 2.52. The first-order valence-electron chi connectivity index (χ1n) is 4.51. The Morgan fingerprint density at radius 1 is 1.55 bits per heavy atom. The number of rotatable bonds is 2. The Morgan fingerprint density at radius 3 is 3.09 bits per heavy atom. The van der Waals surface area contributed by atoms with E-state index in [-0.39, 0.29) is 11.9 Å². The van der Waals surface area contributed by atoms with E-state index in [4.69, 9.17) is 4.74 Å². The molecule has 0 saturated carbocycles. The van der Waals surface area contributed by atoms with Gasteiger partial charge in [0.2, 0.25) is 0 Å². The van der Waals surface area contributed by atoms with Gasteiger partial charge >= 0.3 is 5.97 Å². The highest BCUT2D eigenvalue weighted by Gasteiger charge is 2.20. The summed E-state index contributed by atoms with van der Waals surface area (Å²) in [7, 11) is 0. The van der Waals surface area contributed by atoms with Gasteiger partial charge in [-0.05, 0) is 25.7 Å². The van der Waals surface area contributed by atoms with Gasteiger partial charge in [0.15, 0.2) is 0 Å². The summed E-state index contributed by atoms with van der Waals surface area (Å²) >= 11 is 0. The van der Waals surface area contributed by atoms with Crippen LogP contribution in [0, 0.1) is 5.92 Å². The van der Waals surface area contributed by atoms with Crippen LogP contribution in [0.1, 0.15) is 39.0 Å². The molecule has 0 aromatic carbocycles. The van der Waals surface area contributed by atoms with Crippen molar-refractivity contribution < 1.29 is 9.53 Å². The molecule has 0 aromatic rings. The fourth-order valence-corrected chi connectivity index (χ4v) is 1.51. The molecule has 0 aromatic heterocycles. The lowest BCUT2D eigenvalue weighted by Gasteiger charge is -2.09. The van der Waals surface area contributed by atoms with Gasteiger partial charge in [-0.15, -0.1) is 0 Å². The van der Waals surface area contributed by atoms with Crippen LogP contribution in [0.15, 0.2) is 0 Å². The molecule has 1 aliphatic rings. The first-order chi connectivity index (χ1) is 5.34. The minimum atomic E-state index is 0.0318. The van der Waals surface area contributed by atoms with E-state index < -0.39 is 0 Å². The van der Waals surface area contributed by atoms with Gasteiger partial charge in [-0.3, -0.25) is 4.79 Å². The highest BCUT2D eigenvalue weighted by Crippen LogP contribution is 2.19. The van der Waals surface area contributed by atoms with E-state index in [1.54, 1.807) is 0 Å². The minimum absolute atomic E-state index is 0.0318. The minimum Gasteiger partial charge on any atom is -0.465 e. The predicted octanol–water partition coefficient (Wildman–Crippen LogP) is 2.13. The van der Waals surface area contributed by atoms with Gasteiger partial charge in [0.05, 0.1) is 12.5 Å². The van der Waals surface area contributed by atoms with Crippen LogP contribution in [-0.4, -0.2) is 12.6 Å². The highest BCUT2D eigenvalue weighted by molar-refractivity contribution is 5.72. The van der Waals surface area contributed by atoms with Crippen LogP contribution in [0.2, 0.25) is 0 Å². The van der Waals surface area contributed by atoms with Crippen molar-refractivity contribution >= 4 is 5.97 Å². The third-order valence-electron chi connectivity index (χ3n) is 2.16. The number of hydrogen-bond acceptors (Lipinski definition) is 2. The molecule has 0 radical (unpaired) electrons. The molecule has 1 heterocycles. The Bertz CT molecular complexity index is 132. The summed E-state index contributed by atoms with van der Waals surface area (Å²) in [6.07, 6.45) is 5.31. The Labute approximate surface area is 67.9 Å². The number of esters is 1. The highest BCUT2D eigenvalue weighted by atomic mass is 16.5. The van der Waals surface area contributed by atoms with Crippen molar-refractivity contribution in [3.05, 3.63) is 0 Å². The van der Waals surface area contributed by atoms with Gasteiger partial charge in [0, 0.05) is 0 Å². The lowest BCUT2D eigenvalue weighted by atomic mass is 9.98. The van der Waals surface area contributed by atoms with Gasteiger partial charge in [-0.25, -0.2) is 0 Å². The quantitative estimate of drug-likeness (QED) is 0.572. The predicted molar refractivity (Wildman–Crippen MR) is 43.2 cm³/mol. The molecule has 2 nitrogen and oxygen atoms in total. The molecule has 11 heavy (non-hydrogen) atoms. The molecule has 1 saturated heterocycles. The molecule has 0 aliphatic carbocycles. The van der Waals surface area contributed by atoms with Crippen LogP contribution in [0.4, 0.5) is 0 Å². The van der Waals surface area contributed by atoms with Crippen molar-refractivity contribution in [2.75, 3.05) is 6.61 Å². The average Bonchev–Trinajstić information content (AvgIpc) is 2.18. The molecular formula is C9H16O2. The van der Waals surface area contributed by atoms with Crippen LogP contribution in [0.5, 0.6) is 0 Å². The van der Waals surface area contributed by atoms with Gasteiger partial charge in [0.25, 0.3) is 0 Å². The summed E-state index contributed by atoms with van der Waals surface area (Å²) in [6.45, 7) is 2.75. The van der Waals surface area contributed by atoms with Gasteiger partial charge in [0.1, 0.15) is 0 Å². The van der Waals surface area contributed by atoms with Gasteiger partial charge in [-0.2, -0.15) is 0 Å². The summed E-state index contributed by atoms with van der Waals surface area (Å²) in [5, 5.41) is 0. The van der Waals surface area contributed by atoms with E-state index in [0.717, 1.165) is 32.1 Å². The Kier molecular flexibility index (Phi) is 3.40. The fraction of sp³-hybridized carbons (Fsp3) is 0.889. The van der Waals surface area contributed by atoms with E-state index in [1.807, 2.05) is 0 Å². The maximum atomic E-state index is 11.2. The number of ether oxygens (including phenoxy) is 1. The first kappa shape index (κ1) is 8.57. The monoisotopic (exact) mass is 156 g/mol. The van der Waals surface area contributed by atoms with Crippen LogP contribution >= 0.6 is 0 Å². The zero-order chi connectivity index (χ0) is 8.10. The smallest absolute Gasteiger partial charge is 0.308 e. The van der Waals surface area contributed by atoms with Gasteiger partial charge < -0.3 is 4.74 Å². The van der Waals surface area contributed by atoms with E-state index >= 15 is 0 Å². The maximum absolute atomic E-state index is 11.2. The molecule has 0 N–H and O–H groups in total. The molecule has 1 fully saturated rings. The molecule has 0 spiro atoms. The first-order valence-corrected chi connectivity index (χ1v) is 4.51. The average molecular weight is 156 g/mol. The van der Waals surface area contributed by atoms with Crippen molar-refractivity contribution in [2.24, 2.45) is 5.92 Å². The van der Waals surface area contributed by atoms with Crippen molar-refractivity contribution in [3.8, 4) is 0 Å². The van der Waals surface area contributed by atoms with Crippen molar-refractivity contribution in [1.82, 2.24) is 0 Å². The van der Waals surface area contributed by atoms with Crippen molar-refractivity contribution in [2.45, 2.75) is 39.0 Å². The molecule has 64 valence electrons. The zero-order valence-electron chi connectivity index (χ0n) is 7.14. The summed E-state index contributed by atoms with van der Waals surface area (Å²) in [5.41, 5.74) is 0. The topological polar surface area (TPSA) is 26.3 Å². The Morgan fingerprint density at radius 2 is 2.36 bits per heavy atom. The third-order valence-corrected chi connectivity index (χ3v) is 2.16. The van der Waals surface area contributed by atoms with Crippen molar-refractivity contribution in [1.29, 1.82) is 0 Å². The lowest BCUT2D eigenvalue weighted by molar-refractivity contribution is -0.147. The standard InChI is InChI=1S/C9H16O2/c1-2-5-8-6-3-4-7-11-9(8)10/h8H,2-7H2,1H3. The van der Waals surface area contributed by atoms with Gasteiger partial charge in [-0.1, -0.05) is 13.3 Å². The molecule has 1 atom stereocenters. The maximum Gasteiger partial charge on any atom is 0.308 e.